The SMILES string of the molecule is CC(C)[Si](C#Cc1c2cc3ccccc3cc2c(C#Cc2c3cc4ccccc4cc3c(C#C[Si](C(C)C)(C(C)C)C(C)C)c3cc4ccccc4cc23)c2cc3ccccc3cc12)(C(C)C)C(C)C. The lowest BCUT2D eigenvalue weighted by Gasteiger charge is -2.38. The summed E-state index contributed by atoms with van der Waals surface area (Å²) in [5.74, 6) is 16.1. The Labute approximate surface area is 418 Å². The van der Waals surface area contributed by atoms with E-state index in [-0.39, 0.29) is 0 Å². The summed E-state index contributed by atoms with van der Waals surface area (Å²) >= 11 is 0. The highest BCUT2D eigenvalue weighted by Gasteiger charge is 2.43. The van der Waals surface area contributed by atoms with Crippen molar-refractivity contribution in [1.82, 2.24) is 0 Å². The van der Waals surface area contributed by atoms with Gasteiger partial charge in [0.25, 0.3) is 0 Å². The Bertz CT molecular complexity index is 3440. The zero-order chi connectivity index (χ0) is 49.2. The summed E-state index contributed by atoms with van der Waals surface area (Å²) in [6.07, 6.45) is 0. The monoisotopic (exact) mass is 938 g/mol. The molecular formula is C68H66Si2. The van der Waals surface area contributed by atoms with E-state index in [1.165, 1.54) is 64.6 Å². The summed E-state index contributed by atoms with van der Waals surface area (Å²) < 4.78 is 0. The van der Waals surface area contributed by atoms with Crippen molar-refractivity contribution in [3.05, 3.63) is 168 Å². The van der Waals surface area contributed by atoms with Crippen molar-refractivity contribution in [2.24, 2.45) is 0 Å². The predicted molar refractivity (Wildman–Crippen MR) is 315 cm³/mol. The standard InChI is InChI=1S/C68H66Si2/c1-43(2)69(44(3)4,45(5)6)33-31-59-65-39-53-25-17-13-21-49(53)35-61(65)57(62-36-50-22-14-18-26-54(50)40-66(59)62)29-30-58-63-37-51-23-15-19-27-55(51)41-67(63)60(32-34-70(46(7)8,47(9)10)48(11)12)68-42-56-28-20-16-24-52(56)38-64(58)68/h13-28,35-48H,1-12H3. The average Bonchev–Trinajstić information content (AvgIpc) is 3.33. The number of hydrogen-bond donors (Lipinski definition) is 0. The van der Waals surface area contributed by atoms with E-state index in [0.717, 1.165) is 43.8 Å². The average molecular weight is 939 g/mol. The second-order valence-electron chi connectivity index (χ2n) is 22.0. The van der Waals surface area contributed by atoms with Crippen molar-refractivity contribution in [1.29, 1.82) is 0 Å². The zero-order valence-corrected chi connectivity index (χ0v) is 45.3. The topological polar surface area (TPSA) is 0 Å². The molecular weight excluding hydrogens is 873 g/mol. The van der Waals surface area contributed by atoms with Gasteiger partial charge >= 0.3 is 0 Å². The van der Waals surface area contributed by atoms with Crippen LogP contribution in [0.15, 0.2) is 146 Å². The molecule has 0 aliphatic heterocycles. The van der Waals surface area contributed by atoms with Gasteiger partial charge in [-0.1, -0.05) is 204 Å². The Kier molecular flexibility index (Phi) is 12.3. The van der Waals surface area contributed by atoms with Crippen LogP contribution in [-0.4, -0.2) is 16.1 Å². The normalized spacial score (nSPS) is 12.4. The van der Waals surface area contributed by atoms with Crippen LogP contribution >= 0.6 is 0 Å². The first-order valence-corrected chi connectivity index (χ1v) is 30.3. The van der Waals surface area contributed by atoms with Crippen molar-refractivity contribution in [2.75, 3.05) is 0 Å². The minimum Gasteiger partial charge on any atom is -0.125 e. The van der Waals surface area contributed by atoms with Crippen LogP contribution in [0.4, 0.5) is 0 Å². The molecule has 10 aromatic carbocycles. The van der Waals surface area contributed by atoms with Crippen molar-refractivity contribution in [3.63, 3.8) is 0 Å². The van der Waals surface area contributed by atoms with Gasteiger partial charge in [0.05, 0.1) is 0 Å². The van der Waals surface area contributed by atoms with Crippen LogP contribution in [0.5, 0.6) is 0 Å². The van der Waals surface area contributed by atoms with Gasteiger partial charge in [0.2, 0.25) is 0 Å². The fraction of sp³-hybridized carbons (Fsp3) is 0.265. The lowest BCUT2D eigenvalue weighted by Crippen LogP contribution is -2.43. The molecule has 0 amide bonds. The highest BCUT2D eigenvalue weighted by Crippen LogP contribution is 2.44. The molecule has 10 aromatic rings. The maximum Gasteiger partial charge on any atom is 0.146 e. The van der Waals surface area contributed by atoms with E-state index < -0.39 is 16.1 Å². The first-order chi connectivity index (χ1) is 33.6. The largest absolute Gasteiger partial charge is 0.146 e. The molecule has 0 radical (unpaired) electrons. The third-order valence-electron chi connectivity index (χ3n) is 16.6. The van der Waals surface area contributed by atoms with Crippen LogP contribution in [0.2, 0.25) is 33.2 Å². The molecule has 10 rings (SSSR count). The van der Waals surface area contributed by atoms with E-state index in [2.05, 4.69) is 263 Å². The fourth-order valence-corrected chi connectivity index (χ4v) is 23.5. The van der Waals surface area contributed by atoms with E-state index in [9.17, 15) is 0 Å². The van der Waals surface area contributed by atoms with Gasteiger partial charge in [0, 0.05) is 22.3 Å². The first kappa shape index (κ1) is 47.1. The molecule has 70 heavy (non-hydrogen) atoms. The van der Waals surface area contributed by atoms with Crippen molar-refractivity contribution in [2.45, 2.75) is 116 Å². The molecule has 0 aliphatic carbocycles. The number of rotatable bonds is 6. The van der Waals surface area contributed by atoms with Crippen LogP contribution in [0.3, 0.4) is 0 Å². The lowest BCUT2D eigenvalue weighted by molar-refractivity contribution is 0.838. The molecule has 0 saturated carbocycles. The van der Waals surface area contributed by atoms with Gasteiger partial charge in [0.15, 0.2) is 0 Å². The van der Waals surface area contributed by atoms with Gasteiger partial charge in [-0.2, -0.15) is 0 Å². The summed E-state index contributed by atoms with van der Waals surface area (Å²) in [6, 6.07) is 54.2. The number of hydrogen-bond acceptors (Lipinski definition) is 0. The van der Waals surface area contributed by atoms with Gasteiger partial charge in [0.1, 0.15) is 16.1 Å². The Hall–Kier alpha value is -6.61. The minimum atomic E-state index is -2.09. The summed E-state index contributed by atoms with van der Waals surface area (Å²) in [5.41, 5.74) is 15.8. The molecule has 0 atom stereocenters. The fourth-order valence-electron chi connectivity index (χ4n) is 13.1. The quantitative estimate of drug-likeness (QED) is 0.0885. The summed E-state index contributed by atoms with van der Waals surface area (Å²) in [6.45, 7) is 28.9. The van der Waals surface area contributed by atoms with E-state index in [1.807, 2.05) is 0 Å². The second-order valence-corrected chi connectivity index (χ2v) is 33.2. The molecule has 0 N–H and O–H groups in total. The highest BCUT2D eigenvalue weighted by molar-refractivity contribution is 6.91. The third-order valence-corrected chi connectivity index (χ3v) is 29.1. The maximum absolute atomic E-state index is 4.16. The molecule has 0 saturated heterocycles. The van der Waals surface area contributed by atoms with Crippen molar-refractivity contribution < 1.29 is 0 Å². The second kappa shape index (κ2) is 18.3. The van der Waals surface area contributed by atoms with Crippen LogP contribution in [-0.2, 0) is 0 Å². The molecule has 0 nitrogen and oxygen atoms in total. The van der Waals surface area contributed by atoms with Gasteiger partial charge < -0.3 is 0 Å². The molecule has 0 fully saturated rings. The van der Waals surface area contributed by atoms with Crippen molar-refractivity contribution in [3.8, 4) is 34.8 Å². The van der Waals surface area contributed by atoms with E-state index >= 15 is 0 Å². The lowest BCUT2D eigenvalue weighted by atomic mass is 9.87. The number of fused-ring (bicyclic) bond motifs is 8. The van der Waals surface area contributed by atoms with Crippen LogP contribution in [0.25, 0.3) is 86.2 Å². The molecule has 346 valence electrons. The van der Waals surface area contributed by atoms with Gasteiger partial charge in [-0.15, -0.1) is 11.1 Å². The Morgan fingerprint density at radius 3 is 0.557 bits per heavy atom. The summed E-state index contributed by atoms with van der Waals surface area (Å²) in [5, 5.41) is 18.9. The van der Waals surface area contributed by atoms with Crippen LogP contribution in [0.1, 0.15) is 105 Å². The van der Waals surface area contributed by atoms with Gasteiger partial charge in [-0.25, -0.2) is 0 Å². The third kappa shape index (κ3) is 7.71. The molecule has 0 unspecified atom stereocenters. The smallest absolute Gasteiger partial charge is 0.125 e. The van der Waals surface area contributed by atoms with E-state index in [1.54, 1.807) is 0 Å². The predicted octanol–water partition coefficient (Wildman–Crippen LogP) is 19.5. The van der Waals surface area contributed by atoms with E-state index in [0.29, 0.717) is 33.2 Å². The van der Waals surface area contributed by atoms with Gasteiger partial charge in [-0.05, 0) is 168 Å². The number of benzene rings is 10. The summed E-state index contributed by atoms with van der Waals surface area (Å²) in [7, 11) is -4.18. The molecule has 0 spiro atoms. The zero-order valence-electron chi connectivity index (χ0n) is 43.3. The molecule has 2 heteroatoms. The van der Waals surface area contributed by atoms with Crippen LogP contribution in [0, 0.1) is 34.8 Å². The summed E-state index contributed by atoms with van der Waals surface area (Å²) in [4.78, 5) is 0. The Morgan fingerprint density at radius 1 is 0.243 bits per heavy atom. The highest BCUT2D eigenvalue weighted by atomic mass is 28.3. The molecule has 0 aliphatic rings. The molecule has 0 heterocycles. The Balaban J connectivity index is 1.37. The minimum absolute atomic E-state index is 0.519. The van der Waals surface area contributed by atoms with Crippen LogP contribution < -0.4 is 0 Å². The molecule has 0 bridgehead atoms. The van der Waals surface area contributed by atoms with Gasteiger partial charge in [-0.3, -0.25) is 0 Å². The Morgan fingerprint density at radius 2 is 0.400 bits per heavy atom. The maximum atomic E-state index is 4.16. The van der Waals surface area contributed by atoms with E-state index in [4.69, 9.17) is 0 Å². The van der Waals surface area contributed by atoms with Crippen molar-refractivity contribution >= 4 is 102 Å². The molecule has 0 aromatic heterocycles. The first-order valence-electron chi connectivity index (χ1n) is 25.8.